The first kappa shape index (κ1) is 11.9. The molecule has 0 fully saturated rings. The van der Waals surface area contributed by atoms with Gasteiger partial charge in [0.25, 0.3) is 0 Å². The third-order valence-electron chi connectivity index (χ3n) is 1.94. The minimum atomic E-state index is -0.418. The molecule has 0 spiro atoms. The van der Waals surface area contributed by atoms with E-state index in [4.69, 9.17) is 11.0 Å². The van der Waals surface area contributed by atoms with Gasteiger partial charge in [-0.25, -0.2) is 0 Å². The average molecular weight is 183 g/mol. The van der Waals surface area contributed by atoms with Gasteiger partial charge < -0.3 is 10.6 Å². The first-order valence-electron chi connectivity index (χ1n) is 4.58. The van der Waals surface area contributed by atoms with Gasteiger partial charge >= 0.3 is 0 Å². The van der Waals surface area contributed by atoms with Crippen molar-refractivity contribution < 1.29 is 4.79 Å². The average Bonchev–Trinajstić information content (AvgIpc) is 2.17. The first-order chi connectivity index (χ1) is 6.17. The van der Waals surface area contributed by atoms with Gasteiger partial charge in [-0.05, 0) is 13.3 Å². The van der Waals surface area contributed by atoms with Crippen LogP contribution in [-0.2, 0) is 4.79 Å². The predicted octanol–water partition coefficient (Wildman–Crippen LogP) is 0.486. The quantitative estimate of drug-likeness (QED) is 0.674. The van der Waals surface area contributed by atoms with E-state index in [-0.39, 0.29) is 5.91 Å². The van der Waals surface area contributed by atoms with E-state index in [0.717, 1.165) is 0 Å². The van der Waals surface area contributed by atoms with Gasteiger partial charge in [-0.1, -0.05) is 6.92 Å². The van der Waals surface area contributed by atoms with E-state index in [1.54, 1.807) is 4.90 Å². The molecular formula is C9H17N3O. The summed E-state index contributed by atoms with van der Waals surface area (Å²) >= 11 is 0. The molecule has 0 unspecified atom stereocenters. The molecule has 0 aromatic carbocycles. The fourth-order valence-corrected chi connectivity index (χ4v) is 1.02. The van der Waals surface area contributed by atoms with Gasteiger partial charge in [0.2, 0.25) is 5.91 Å². The third-order valence-corrected chi connectivity index (χ3v) is 1.94. The number of carbonyl (C=O) groups excluding carboxylic acids is 1. The molecule has 0 aliphatic rings. The monoisotopic (exact) mass is 183 g/mol. The fraction of sp³-hybridized carbons (Fsp3) is 0.778. The van der Waals surface area contributed by atoms with Crippen LogP contribution in [0.5, 0.6) is 0 Å². The van der Waals surface area contributed by atoms with Crippen molar-refractivity contribution in [3.05, 3.63) is 0 Å². The maximum absolute atomic E-state index is 11.5. The molecule has 0 rings (SSSR count). The van der Waals surface area contributed by atoms with Crippen LogP contribution in [0, 0.1) is 11.3 Å². The molecule has 2 N–H and O–H groups in total. The van der Waals surface area contributed by atoms with E-state index < -0.39 is 6.04 Å². The Labute approximate surface area is 79.3 Å². The molecule has 1 atom stereocenters. The predicted molar refractivity (Wildman–Crippen MR) is 50.8 cm³/mol. The minimum absolute atomic E-state index is 0.0553. The van der Waals surface area contributed by atoms with Crippen molar-refractivity contribution in [2.75, 3.05) is 13.1 Å². The second kappa shape index (κ2) is 6.44. The first-order valence-corrected chi connectivity index (χ1v) is 4.58. The highest BCUT2D eigenvalue weighted by Crippen LogP contribution is 1.97. The number of hydrogen-bond donors (Lipinski definition) is 1. The minimum Gasteiger partial charge on any atom is -0.341 e. The van der Waals surface area contributed by atoms with Gasteiger partial charge in [0.1, 0.15) is 0 Å². The van der Waals surface area contributed by atoms with Crippen LogP contribution < -0.4 is 5.73 Å². The lowest BCUT2D eigenvalue weighted by Crippen LogP contribution is -2.43. The van der Waals surface area contributed by atoms with Crippen molar-refractivity contribution in [2.24, 2.45) is 5.73 Å². The van der Waals surface area contributed by atoms with Gasteiger partial charge in [0, 0.05) is 13.1 Å². The molecule has 13 heavy (non-hydrogen) atoms. The van der Waals surface area contributed by atoms with Crippen LogP contribution in [0.15, 0.2) is 0 Å². The number of likely N-dealkylation sites (N-methyl/N-ethyl adjacent to an activating group) is 1. The van der Waals surface area contributed by atoms with Gasteiger partial charge in [-0.2, -0.15) is 5.26 Å². The number of nitrogens with two attached hydrogens (primary N) is 1. The Morgan fingerprint density at radius 1 is 1.62 bits per heavy atom. The maximum atomic E-state index is 11.5. The number of carbonyl (C=O) groups is 1. The Hall–Kier alpha value is -1.08. The number of nitriles is 1. The maximum Gasteiger partial charge on any atom is 0.239 e. The van der Waals surface area contributed by atoms with Crippen molar-refractivity contribution in [1.29, 1.82) is 5.26 Å². The summed E-state index contributed by atoms with van der Waals surface area (Å²) in [6, 6.07) is 1.59. The summed E-state index contributed by atoms with van der Waals surface area (Å²) in [6.07, 6.45) is 1.01. The van der Waals surface area contributed by atoms with E-state index in [1.165, 1.54) is 0 Å². The van der Waals surface area contributed by atoms with Gasteiger partial charge in [0.15, 0.2) is 0 Å². The molecule has 0 bridgehead atoms. The number of nitrogens with zero attached hydrogens (tertiary/aromatic N) is 2. The summed E-state index contributed by atoms with van der Waals surface area (Å²) < 4.78 is 0. The van der Waals surface area contributed by atoms with Crippen molar-refractivity contribution >= 4 is 5.91 Å². The Morgan fingerprint density at radius 3 is 2.62 bits per heavy atom. The van der Waals surface area contributed by atoms with Gasteiger partial charge in [0.05, 0.1) is 18.5 Å². The van der Waals surface area contributed by atoms with Crippen LogP contribution in [0.2, 0.25) is 0 Å². The topological polar surface area (TPSA) is 70.1 Å². The van der Waals surface area contributed by atoms with Crippen LogP contribution in [-0.4, -0.2) is 29.9 Å². The molecular weight excluding hydrogens is 166 g/mol. The SMILES string of the molecule is CC[C@@H](N)C(=O)N(CC)CCC#N. The molecule has 0 aromatic heterocycles. The van der Waals surface area contributed by atoms with Crippen molar-refractivity contribution in [2.45, 2.75) is 32.7 Å². The Morgan fingerprint density at radius 2 is 2.23 bits per heavy atom. The van der Waals surface area contributed by atoms with Crippen LogP contribution in [0.25, 0.3) is 0 Å². The number of amides is 1. The van der Waals surface area contributed by atoms with E-state index in [1.807, 2.05) is 19.9 Å². The summed E-state index contributed by atoms with van der Waals surface area (Å²) in [5, 5.41) is 8.37. The molecule has 0 aliphatic carbocycles. The zero-order chi connectivity index (χ0) is 10.3. The fourth-order valence-electron chi connectivity index (χ4n) is 1.02. The van der Waals surface area contributed by atoms with Crippen LogP contribution in [0.1, 0.15) is 26.7 Å². The lowest BCUT2D eigenvalue weighted by atomic mass is 10.2. The highest BCUT2D eigenvalue weighted by molar-refractivity contribution is 5.81. The molecule has 0 saturated carbocycles. The summed E-state index contributed by atoms with van der Waals surface area (Å²) in [7, 11) is 0. The molecule has 0 saturated heterocycles. The van der Waals surface area contributed by atoms with E-state index >= 15 is 0 Å². The Balaban J connectivity index is 4.08. The lowest BCUT2D eigenvalue weighted by molar-refractivity contribution is -0.132. The molecule has 0 radical (unpaired) electrons. The molecule has 0 heterocycles. The highest BCUT2D eigenvalue weighted by atomic mass is 16.2. The normalized spacial score (nSPS) is 11.8. The van der Waals surface area contributed by atoms with Crippen molar-refractivity contribution in [3.63, 3.8) is 0 Å². The molecule has 4 heteroatoms. The molecule has 1 amide bonds. The van der Waals surface area contributed by atoms with E-state index in [2.05, 4.69) is 0 Å². The second-order valence-corrected chi connectivity index (χ2v) is 2.84. The summed E-state index contributed by atoms with van der Waals surface area (Å²) in [5.41, 5.74) is 5.59. The standard InChI is InChI=1S/C9H17N3O/c1-3-8(11)9(13)12(4-2)7-5-6-10/h8H,3-5,7,11H2,1-2H3/t8-/m1/s1. The van der Waals surface area contributed by atoms with Gasteiger partial charge in [-0.3, -0.25) is 4.79 Å². The Kier molecular flexibility index (Phi) is 5.90. The molecule has 0 aromatic rings. The smallest absolute Gasteiger partial charge is 0.239 e. The van der Waals surface area contributed by atoms with Crippen LogP contribution in [0.4, 0.5) is 0 Å². The number of hydrogen-bond acceptors (Lipinski definition) is 3. The molecule has 0 aliphatic heterocycles. The third kappa shape index (κ3) is 3.90. The second-order valence-electron chi connectivity index (χ2n) is 2.84. The Bertz CT molecular complexity index is 198. The van der Waals surface area contributed by atoms with Crippen LogP contribution >= 0.6 is 0 Å². The molecule has 4 nitrogen and oxygen atoms in total. The number of rotatable bonds is 5. The van der Waals surface area contributed by atoms with E-state index in [0.29, 0.717) is 25.9 Å². The largest absolute Gasteiger partial charge is 0.341 e. The summed E-state index contributed by atoms with van der Waals surface area (Å²) in [6.45, 7) is 4.87. The van der Waals surface area contributed by atoms with Crippen LogP contribution in [0.3, 0.4) is 0 Å². The lowest BCUT2D eigenvalue weighted by Gasteiger charge is -2.22. The summed E-state index contributed by atoms with van der Waals surface area (Å²) in [4.78, 5) is 13.1. The van der Waals surface area contributed by atoms with Gasteiger partial charge in [-0.15, -0.1) is 0 Å². The zero-order valence-electron chi connectivity index (χ0n) is 8.29. The zero-order valence-corrected chi connectivity index (χ0v) is 8.29. The molecule has 74 valence electrons. The van der Waals surface area contributed by atoms with E-state index in [9.17, 15) is 4.79 Å². The summed E-state index contributed by atoms with van der Waals surface area (Å²) in [5.74, 6) is -0.0553. The highest BCUT2D eigenvalue weighted by Gasteiger charge is 2.17. The van der Waals surface area contributed by atoms with Crippen molar-refractivity contribution in [1.82, 2.24) is 4.90 Å². The van der Waals surface area contributed by atoms with Crippen molar-refractivity contribution in [3.8, 4) is 6.07 Å².